The predicted molar refractivity (Wildman–Crippen MR) is 94.5 cm³/mol. The number of carboxylic acids is 1. The molecular formula is C21H21NO3. The van der Waals surface area contributed by atoms with Gasteiger partial charge in [-0.2, -0.15) is 0 Å². The lowest BCUT2D eigenvalue weighted by Gasteiger charge is -2.30. The van der Waals surface area contributed by atoms with Crippen LogP contribution < -0.4 is 0 Å². The smallest absolute Gasteiger partial charge is 0.307 e. The number of fused-ring (bicyclic) bond motifs is 1. The van der Waals surface area contributed by atoms with Gasteiger partial charge in [0.15, 0.2) is 0 Å². The number of aliphatic carboxylic acids is 1. The van der Waals surface area contributed by atoms with E-state index in [1.165, 1.54) is 11.1 Å². The molecule has 128 valence electrons. The summed E-state index contributed by atoms with van der Waals surface area (Å²) >= 11 is 0. The van der Waals surface area contributed by atoms with Gasteiger partial charge in [0.2, 0.25) is 0 Å². The molecule has 1 fully saturated rings. The number of hydrogen-bond acceptors (Lipinski definition) is 2. The Balaban J connectivity index is 1.64. The second kappa shape index (κ2) is 6.36. The van der Waals surface area contributed by atoms with Gasteiger partial charge in [-0.05, 0) is 54.5 Å². The molecule has 1 saturated carbocycles. The molecule has 1 unspecified atom stereocenters. The first-order valence-corrected chi connectivity index (χ1v) is 8.84. The standard InChI is InChI=1S/C21H21NO3/c23-20(24)13-14-4-3-6-16(12-14)21(25)22(17-9-10-17)19-11-8-15-5-1-2-7-18(15)19/h1-7,12,17,19H,8-11,13H2,(H,23,24). The molecule has 4 rings (SSSR count). The number of amides is 1. The molecule has 1 atom stereocenters. The lowest BCUT2D eigenvalue weighted by atomic mass is 10.0. The van der Waals surface area contributed by atoms with Crippen molar-refractivity contribution in [1.82, 2.24) is 4.90 Å². The van der Waals surface area contributed by atoms with Crippen LogP contribution in [0.1, 0.15) is 52.4 Å². The highest BCUT2D eigenvalue weighted by Gasteiger charge is 2.40. The second-order valence-corrected chi connectivity index (χ2v) is 6.97. The Morgan fingerprint density at radius 1 is 1.04 bits per heavy atom. The van der Waals surface area contributed by atoms with Crippen LogP contribution in [-0.2, 0) is 17.6 Å². The molecule has 2 aliphatic rings. The minimum Gasteiger partial charge on any atom is -0.481 e. The van der Waals surface area contributed by atoms with E-state index in [2.05, 4.69) is 18.2 Å². The van der Waals surface area contributed by atoms with Crippen LogP contribution >= 0.6 is 0 Å². The van der Waals surface area contributed by atoms with Gasteiger partial charge in [0, 0.05) is 11.6 Å². The number of aryl methyl sites for hydroxylation is 1. The van der Waals surface area contributed by atoms with Gasteiger partial charge in [0.05, 0.1) is 12.5 Å². The Labute approximate surface area is 147 Å². The summed E-state index contributed by atoms with van der Waals surface area (Å²) in [5.74, 6) is -0.857. The van der Waals surface area contributed by atoms with E-state index in [-0.39, 0.29) is 18.4 Å². The summed E-state index contributed by atoms with van der Waals surface area (Å²) in [6.45, 7) is 0. The molecule has 0 bridgehead atoms. The second-order valence-electron chi connectivity index (χ2n) is 6.97. The molecule has 0 aromatic heterocycles. The quantitative estimate of drug-likeness (QED) is 0.908. The van der Waals surface area contributed by atoms with Crippen LogP contribution in [0.5, 0.6) is 0 Å². The third kappa shape index (κ3) is 3.16. The van der Waals surface area contributed by atoms with Crippen LogP contribution in [0.2, 0.25) is 0 Å². The van der Waals surface area contributed by atoms with Crippen molar-refractivity contribution in [2.75, 3.05) is 0 Å². The van der Waals surface area contributed by atoms with Crippen LogP contribution in [-0.4, -0.2) is 27.9 Å². The van der Waals surface area contributed by atoms with Gasteiger partial charge in [0.25, 0.3) is 5.91 Å². The highest BCUT2D eigenvalue weighted by Crippen LogP contribution is 2.42. The number of rotatable bonds is 5. The van der Waals surface area contributed by atoms with Crippen LogP contribution in [0.4, 0.5) is 0 Å². The van der Waals surface area contributed by atoms with Crippen molar-refractivity contribution in [3.8, 4) is 0 Å². The molecule has 1 amide bonds. The molecule has 2 aliphatic carbocycles. The third-order valence-electron chi connectivity index (χ3n) is 5.14. The van der Waals surface area contributed by atoms with Crippen LogP contribution in [0.3, 0.4) is 0 Å². The zero-order chi connectivity index (χ0) is 17.4. The lowest BCUT2D eigenvalue weighted by molar-refractivity contribution is -0.136. The summed E-state index contributed by atoms with van der Waals surface area (Å²) in [4.78, 5) is 26.2. The van der Waals surface area contributed by atoms with E-state index in [1.54, 1.807) is 24.3 Å². The molecule has 25 heavy (non-hydrogen) atoms. The monoisotopic (exact) mass is 335 g/mol. The average molecular weight is 335 g/mol. The molecule has 0 spiro atoms. The largest absolute Gasteiger partial charge is 0.481 e. The first kappa shape index (κ1) is 15.9. The molecule has 0 heterocycles. The fraction of sp³-hybridized carbons (Fsp3) is 0.333. The van der Waals surface area contributed by atoms with Crippen molar-refractivity contribution in [3.63, 3.8) is 0 Å². The Morgan fingerprint density at radius 2 is 1.84 bits per heavy atom. The van der Waals surface area contributed by atoms with E-state index < -0.39 is 5.97 Å². The maximum absolute atomic E-state index is 13.2. The minimum atomic E-state index is -0.881. The van der Waals surface area contributed by atoms with Crippen LogP contribution in [0.15, 0.2) is 48.5 Å². The SMILES string of the molecule is O=C(O)Cc1cccc(C(=O)N(C2CC2)C2CCc3ccccc32)c1. The molecule has 2 aromatic rings. The van der Waals surface area contributed by atoms with Crippen LogP contribution in [0, 0.1) is 0 Å². The first-order valence-electron chi connectivity index (χ1n) is 8.84. The summed E-state index contributed by atoms with van der Waals surface area (Å²) < 4.78 is 0. The Bertz CT molecular complexity index is 825. The van der Waals surface area contributed by atoms with E-state index >= 15 is 0 Å². The highest BCUT2D eigenvalue weighted by atomic mass is 16.4. The Kier molecular flexibility index (Phi) is 4.04. The van der Waals surface area contributed by atoms with E-state index in [4.69, 9.17) is 5.11 Å². The zero-order valence-corrected chi connectivity index (χ0v) is 14.0. The van der Waals surface area contributed by atoms with E-state index in [9.17, 15) is 9.59 Å². The first-order chi connectivity index (χ1) is 12.1. The third-order valence-corrected chi connectivity index (χ3v) is 5.14. The molecule has 0 radical (unpaired) electrons. The fourth-order valence-electron chi connectivity index (χ4n) is 3.88. The van der Waals surface area contributed by atoms with Crippen LogP contribution in [0.25, 0.3) is 0 Å². The normalized spacial score (nSPS) is 18.6. The van der Waals surface area contributed by atoms with Crippen molar-refractivity contribution >= 4 is 11.9 Å². The molecule has 4 heteroatoms. The zero-order valence-electron chi connectivity index (χ0n) is 14.0. The Hall–Kier alpha value is -2.62. The average Bonchev–Trinajstić information content (AvgIpc) is 3.35. The summed E-state index contributed by atoms with van der Waals surface area (Å²) in [6.07, 6.45) is 4.03. The van der Waals surface area contributed by atoms with Crippen molar-refractivity contribution < 1.29 is 14.7 Å². The maximum atomic E-state index is 13.2. The van der Waals surface area contributed by atoms with E-state index in [1.807, 2.05) is 11.0 Å². The molecule has 0 saturated heterocycles. The number of nitrogens with zero attached hydrogens (tertiary/aromatic N) is 1. The topological polar surface area (TPSA) is 57.6 Å². The fourth-order valence-corrected chi connectivity index (χ4v) is 3.88. The predicted octanol–water partition coefficient (Wildman–Crippen LogP) is 3.61. The van der Waals surface area contributed by atoms with Gasteiger partial charge in [-0.1, -0.05) is 36.4 Å². The molecule has 0 aliphatic heterocycles. The number of hydrogen-bond donors (Lipinski definition) is 1. The summed E-state index contributed by atoms with van der Waals surface area (Å²) in [7, 11) is 0. The number of carbonyl (C=O) groups is 2. The van der Waals surface area contributed by atoms with Gasteiger partial charge in [-0.3, -0.25) is 9.59 Å². The van der Waals surface area contributed by atoms with Gasteiger partial charge in [-0.15, -0.1) is 0 Å². The van der Waals surface area contributed by atoms with Gasteiger partial charge in [-0.25, -0.2) is 0 Å². The number of carboxylic acid groups (broad SMARTS) is 1. The molecule has 2 aromatic carbocycles. The lowest BCUT2D eigenvalue weighted by Crippen LogP contribution is -2.36. The van der Waals surface area contributed by atoms with Gasteiger partial charge < -0.3 is 10.0 Å². The highest BCUT2D eigenvalue weighted by molar-refractivity contribution is 5.95. The number of benzene rings is 2. The van der Waals surface area contributed by atoms with Crippen molar-refractivity contribution in [1.29, 1.82) is 0 Å². The molecular weight excluding hydrogens is 314 g/mol. The molecule has 1 N–H and O–H groups in total. The van der Waals surface area contributed by atoms with Gasteiger partial charge >= 0.3 is 5.97 Å². The van der Waals surface area contributed by atoms with E-state index in [0.717, 1.165) is 25.7 Å². The summed E-state index contributed by atoms with van der Waals surface area (Å²) in [6, 6.07) is 15.9. The van der Waals surface area contributed by atoms with Gasteiger partial charge in [0.1, 0.15) is 0 Å². The van der Waals surface area contributed by atoms with Crippen molar-refractivity contribution in [3.05, 3.63) is 70.8 Å². The summed E-state index contributed by atoms with van der Waals surface area (Å²) in [5, 5.41) is 8.99. The van der Waals surface area contributed by atoms with Crippen molar-refractivity contribution in [2.45, 2.75) is 44.2 Å². The minimum absolute atomic E-state index is 0.0245. The molecule has 4 nitrogen and oxygen atoms in total. The van der Waals surface area contributed by atoms with Crippen molar-refractivity contribution in [2.24, 2.45) is 0 Å². The number of carbonyl (C=O) groups excluding carboxylic acids is 1. The Morgan fingerprint density at radius 3 is 2.60 bits per heavy atom. The van der Waals surface area contributed by atoms with E-state index in [0.29, 0.717) is 17.2 Å². The maximum Gasteiger partial charge on any atom is 0.307 e. The summed E-state index contributed by atoms with van der Waals surface area (Å²) in [5.41, 5.74) is 3.87.